The topological polar surface area (TPSA) is 117 Å². The number of fused-ring (bicyclic) bond motifs is 1. The minimum atomic E-state index is -0.843. The Morgan fingerprint density at radius 2 is 1.70 bits per heavy atom. The number of hydrogen-bond acceptors (Lipinski definition) is 8. The number of allylic oxidation sites excluding steroid dienone is 1. The van der Waals surface area contributed by atoms with E-state index in [9.17, 15) is 19.2 Å². The molecule has 0 bridgehead atoms. The molecule has 2 aliphatic rings. The molecule has 2 aliphatic heterocycles. The molecule has 4 aromatic rings. The number of benzene rings is 2. The van der Waals surface area contributed by atoms with Crippen LogP contribution < -0.4 is 9.80 Å². The Labute approximate surface area is 269 Å². The number of aromatic nitrogens is 3. The molecule has 2 aromatic carbocycles. The van der Waals surface area contributed by atoms with Crippen LogP contribution in [0, 0.1) is 11.6 Å². The highest BCUT2D eigenvalue weighted by Crippen LogP contribution is 2.32. The van der Waals surface area contributed by atoms with Crippen molar-refractivity contribution in [3.63, 3.8) is 0 Å². The monoisotopic (exact) mass is 642 g/mol. The summed E-state index contributed by atoms with van der Waals surface area (Å²) in [5.74, 6) is -1.92. The average Bonchev–Trinajstić information content (AvgIpc) is 3.69. The van der Waals surface area contributed by atoms with Gasteiger partial charge in [-0.1, -0.05) is 36.4 Å². The fourth-order valence-corrected chi connectivity index (χ4v) is 5.68. The van der Waals surface area contributed by atoms with E-state index in [0.29, 0.717) is 5.78 Å². The van der Waals surface area contributed by atoms with Crippen molar-refractivity contribution in [2.24, 2.45) is 0 Å². The summed E-state index contributed by atoms with van der Waals surface area (Å²) in [5, 5.41) is 0. The summed E-state index contributed by atoms with van der Waals surface area (Å²) < 4.78 is 37.6. The Hall–Kier alpha value is -5.46. The Bertz CT molecular complexity index is 1780. The van der Waals surface area contributed by atoms with E-state index < -0.39 is 23.8 Å². The van der Waals surface area contributed by atoms with Gasteiger partial charge in [-0.3, -0.25) is 23.7 Å². The van der Waals surface area contributed by atoms with Crippen LogP contribution in [0.4, 0.5) is 25.0 Å². The van der Waals surface area contributed by atoms with Crippen molar-refractivity contribution in [3.05, 3.63) is 96.1 Å². The van der Waals surface area contributed by atoms with Gasteiger partial charge in [0, 0.05) is 76.2 Å². The maximum Gasteiger partial charge on any atom is 0.414 e. The van der Waals surface area contributed by atoms with Crippen molar-refractivity contribution in [3.8, 4) is 0 Å². The lowest BCUT2D eigenvalue weighted by molar-refractivity contribution is -0.131. The molecule has 47 heavy (non-hydrogen) atoms. The number of rotatable bonds is 11. The Morgan fingerprint density at radius 3 is 2.43 bits per heavy atom. The minimum absolute atomic E-state index is 0.0109. The van der Waals surface area contributed by atoms with E-state index in [1.165, 1.54) is 11.0 Å². The van der Waals surface area contributed by atoms with Gasteiger partial charge in [0.15, 0.2) is 23.2 Å². The van der Waals surface area contributed by atoms with Gasteiger partial charge >= 0.3 is 6.09 Å². The molecule has 0 saturated carbocycles. The van der Waals surface area contributed by atoms with Gasteiger partial charge in [-0.15, -0.1) is 0 Å². The van der Waals surface area contributed by atoms with Crippen molar-refractivity contribution in [1.29, 1.82) is 0 Å². The van der Waals surface area contributed by atoms with Crippen LogP contribution in [-0.4, -0.2) is 81.7 Å². The van der Waals surface area contributed by atoms with Gasteiger partial charge in [-0.25, -0.2) is 23.5 Å². The second-order valence-electron chi connectivity index (χ2n) is 11.4. The number of ketones is 2. The van der Waals surface area contributed by atoms with Crippen molar-refractivity contribution in [2.75, 3.05) is 42.5 Å². The lowest BCUT2D eigenvalue weighted by atomic mass is 10.1. The van der Waals surface area contributed by atoms with E-state index in [-0.39, 0.29) is 92.9 Å². The number of nitrogens with zero attached hydrogens (tertiary/aromatic N) is 6. The van der Waals surface area contributed by atoms with E-state index in [1.54, 1.807) is 40.0 Å². The third-order valence-corrected chi connectivity index (χ3v) is 8.20. The minimum Gasteiger partial charge on any atom is -0.444 e. The van der Waals surface area contributed by atoms with Crippen molar-refractivity contribution in [1.82, 2.24) is 19.3 Å². The Morgan fingerprint density at radius 1 is 0.957 bits per heavy atom. The van der Waals surface area contributed by atoms with E-state index in [2.05, 4.69) is 9.97 Å². The molecule has 2 amide bonds. The van der Waals surface area contributed by atoms with Gasteiger partial charge in [0.25, 0.3) is 0 Å². The number of amides is 2. The molecule has 2 fully saturated rings. The van der Waals surface area contributed by atoms with Crippen LogP contribution in [0.5, 0.6) is 0 Å². The molecule has 4 heterocycles. The highest BCUT2D eigenvalue weighted by molar-refractivity contribution is 5.97. The molecule has 0 unspecified atom stereocenters. The highest BCUT2D eigenvalue weighted by atomic mass is 19.1. The third kappa shape index (κ3) is 7.35. The zero-order valence-electron chi connectivity index (χ0n) is 25.4. The number of halogens is 2. The second-order valence-corrected chi connectivity index (χ2v) is 11.4. The van der Waals surface area contributed by atoms with Crippen LogP contribution in [-0.2, 0) is 14.3 Å². The normalized spacial score (nSPS) is 16.7. The largest absolute Gasteiger partial charge is 0.444 e. The molecular formula is C34H32F2N6O5. The summed E-state index contributed by atoms with van der Waals surface area (Å²) in [6.45, 7) is 0.887. The average molecular weight is 643 g/mol. The summed E-state index contributed by atoms with van der Waals surface area (Å²) in [7, 11) is 0. The molecule has 0 radical (unpaired) electrons. The van der Waals surface area contributed by atoms with Gasteiger partial charge < -0.3 is 14.5 Å². The van der Waals surface area contributed by atoms with Gasteiger partial charge in [0.05, 0.1) is 12.2 Å². The number of cyclic esters (lactones) is 1. The Kier molecular flexibility index (Phi) is 9.32. The first-order valence-electron chi connectivity index (χ1n) is 15.3. The van der Waals surface area contributed by atoms with Gasteiger partial charge in [-0.2, -0.15) is 0 Å². The summed E-state index contributed by atoms with van der Waals surface area (Å²) in [6.07, 6.45) is 7.13. The molecule has 2 aromatic heterocycles. The maximum atomic E-state index is 15.3. The molecule has 0 N–H and O–H groups in total. The second kappa shape index (κ2) is 13.9. The first kappa shape index (κ1) is 31.5. The molecule has 242 valence electrons. The van der Waals surface area contributed by atoms with Crippen molar-refractivity contribution >= 4 is 46.8 Å². The molecule has 6 rings (SSSR count). The number of carbonyl (C=O) groups is 4. The number of imidazole rings is 1. The summed E-state index contributed by atoms with van der Waals surface area (Å²) >= 11 is 0. The quantitative estimate of drug-likeness (QED) is 0.171. The molecule has 0 spiro atoms. The number of ether oxygens (including phenoxy) is 1. The van der Waals surface area contributed by atoms with Gasteiger partial charge in [0.2, 0.25) is 11.7 Å². The maximum absolute atomic E-state index is 15.3. The molecule has 1 atom stereocenters. The first-order valence-corrected chi connectivity index (χ1v) is 15.3. The zero-order valence-corrected chi connectivity index (χ0v) is 25.4. The summed E-state index contributed by atoms with van der Waals surface area (Å²) in [6, 6.07) is 13.3. The number of piperazine rings is 1. The predicted octanol–water partition coefficient (Wildman–Crippen LogP) is 4.71. The first-order chi connectivity index (χ1) is 22.7. The van der Waals surface area contributed by atoms with E-state index in [1.807, 2.05) is 30.3 Å². The molecule has 11 nitrogen and oxygen atoms in total. The van der Waals surface area contributed by atoms with Crippen LogP contribution in [0.3, 0.4) is 0 Å². The fraction of sp³-hybridized carbons (Fsp3) is 0.294. The summed E-state index contributed by atoms with van der Waals surface area (Å²) in [5.41, 5.74) is 0.905. The molecule has 2 saturated heterocycles. The van der Waals surface area contributed by atoms with Crippen LogP contribution in [0.2, 0.25) is 0 Å². The number of hydrogen-bond donors (Lipinski definition) is 0. The third-order valence-electron chi connectivity index (χ3n) is 8.20. The molecule has 0 aliphatic carbocycles. The molecule has 13 heteroatoms. The highest BCUT2D eigenvalue weighted by Gasteiger charge is 2.34. The number of Topliss-reactive ketones (excluding diaryl/α,β-unsaturated/α-hetero) is 1. The smallest absolute Gasteiger partial charge is 0.414 e. The van der Waals surface area contributed by atoms with Crippen molar-refractivity contribution < 1.29 is 32.7 Å². The van der Waals surface area contributed by atoms with Crippen LogP contribution >= 0.6 is 0 Å². The summed E-state index contributed by atoms with van der Waals surface area (Å²) in [4.78, 5) is 62.8. The predicted molar refractivity (Wildman–Crippen MR) is 169 cm³/mol. The van der Waals surface area contributed by atoms with Crippen LogP contribution in [0.15, 0.2) is 73.2 Å². The zero-order chi connectivity index (χ0) is 32.9. The fourth-order valence-electron chi connectivity index (χ4n) is 5.68. The standard InChI is InChI=1S/C34H32F2N6O5/c35-27-19-24(42-21-26(47-34(42)46)10-9-25(43)8-7-23-5-2-1-3-6-23)20-28(36)32(27)40-17-15-39(16-18-40)31(45)12-11-30(44)29-22-41-14-4-13-37-33(41)38-29/h1-8,13-14,19-20,22,26H,9-12,15-18,21H2/b8-7+/t26-/m0/s1. The lowest BCUT2D eigenvalue weighted by Gasteiger charge is -2.36. The number of carbonyl (C=O) groups excluding carboxylic acids is 4. The number of anilines is 2. The van der Waals surface area contributed by atoms with Crippen molar-refractivity contribution in [2.45, 2.75) is 31.8 Å². The SMILES string of the molecule is O=C(/C=C/c1ccccc1)CC[C@H]1CN(c2cc(F)c(N3CCN(C(=O)CCC(=O)c4cn5cccnc5n4)CC3)c(F)c2)C(=O)O1. The van der Waals surface area contributed by atoms with Crippen LogP contribution in [0.25, 0.3) is 11.9 Å². The van der Waals surface area contributed by atoms with E-state index >= 15 is 8.78 Å². The Balaban J connectivity index is 0.989. The van der Waals surface area contributed by atoms with Crippen LogP contribution in [0.1, 0.15) is 41.7 Å². The molecular weight excluding hydrogens is 610 g/mol. The van der Waals surface area contributed by atoms with E-state index in [0.717, 1.165) is 22.6 Å². The van der Waals surface area contributed by atoms with Gasteiger partial charge in [-0.05, 0) is 24.1 Å². The lowest BCUT2D eigenvalue weighted by Crippen LogP contribution is -2.49. The van der Waals surface area contributed by atoms with Gasteiger partial charge in [0.1, 0.15) is 17.5 Å². The van der Waals surface area contributed by atoms with E-state index in [4.69, 9.17) is 4.74 Å².